The van der Waals surface area contributed by atoms with E-state index in [0.29, 0.717) is 16.3 Å². The number of benzene rings is 2. The third-order valence-corrected chi connectivity index (χ3v) is 4.62. The second-order valence-corrected chi connectivity index (χ2v) is 6.60. The molecule has 2 aromatic carbocycles. The van der Waals surface area contributed by atoms with Gasteiger partial charge in [0, 0.05) is 17.0 Å². The van der Waals surface area contributed by atoms with Crippen LogP contribution in [0, 0.1) is 11.7 Å². The first-order chi connectivity index (χ1) is 11.5. The van der Waals surface area contributed by atoms with Crippen molar-refractivity contribution < 1.29 is 19.0 Å². The highest BCUT2D eigenvalue weighted by Gasteiger charge is 2.21. The third kappa shape index (κ3) is 4.06. The Bertz CT molecular complexity index is 760. The largest absolute Gasteiger partial charge is 0.489 e. The molecule has 1 aliphatic carbocycles. The molecule has 1 aliphatic rings. The summed E-state index contributed by atoms with van der Waals surface area (Å²) in [6.45, 7) is 0.125. The van der Waals surface area contributed by atoms with E-state index in [1.807, 2.05) is 18.2 Å². The number of fused-ring (bicyclic) bond motifs is 1. The minimum Gasteiger partial charge on any atom is -0.489 e. The zero-order valence-corrected chi connectivity index (χ0v) is 13.9. The third-order valence-electron chi connectivity index (χ3n) is 4.38. The van der Waals surface area contributed by atoms with Gasteiger partial charge in [0.2, 0.25) is 0 Å². The Morgan fingerprint density at radius 2 is 2.08 bits per heavy atom. The fourth-order valence-electron chi connectivity index (χ4n) is 3.12. The maximum Gasteiger partial charge on any atom is 0.303 e. The van der Waals surface area contributed by atoms with Gasteiger partial charge in [0.05, 0.1) is 0 Å². The molecule has 3 rings (SSSR count). The van der Waals surface area contributed by atoms with Gasteiger partial charge >= 0.3 is 5.97 Å². The van der Waals surface area contributed by atoms with Crippen LogP contribution in [-0.2, 0) is 24.2 Å². The molecule has 0 radical (unpaired) electrons. The average Bonchev–Trinajstić information content (AvgIpc) is 2.53. The summed E-state index contributed by atoms with van der Waals surface area (Å²) in [5.74, 6) is -0.311. The van der Waals surface area contributed by atoms with Crippen LogP contribution in [0.15, 0.2) is 36.4 Å². The molecule has 2 aromatic rings. The van der Waals surface area contributed by atoms with Crippen molar-refractivity contribution in [3.8, 4) is 5.75 Å². The monoisotopic (exact) mass is 348 g/mol. The van der Waals surface area contributed by atoms with E-state index in [0.717, 1.165) is 24.8 Å². The summed E-state index contributed by atoms with van der Waals surface area (Å²) in [6.07, 6.45) is 2.73. The molecule has 126 valence electrons. The van der Waals surface area contributed by atoms with E-state index in [1.165, 1.54) is 11.6 Å². The number of aliphatic carboxylic acids is 1. The summed E-state index contributed by atoms with van der Waals surface area (Å²) in [5, 5.41) is 9.31. The van der Waals surface area contributed by atoms with Crippen molar-refractivity contribution in [2.45, 2.75) is 32.3 Å². The first kappa shape index (κ1) is 16.8. The van der Waals surface area contributed by atoms with E-state index in [2.05, 4.69) is 0 Å². The van der Waals surface area contributed by atoms with Gasteiger partial charge in [0.1, 0.15) is 18.2 Å². The molecule has 1 N–H and O–H groups in total. The van der Waals surface area contributed by atoms with E-state index < -0.39 is 5.97 Å². The van der Waals surface area contributed by atoms with Gasteiger partial charge in [-0.25, -0.2) is 4.39 Å². The topological polar surface area (TPSA) is 46.5 Å². The van der Waals surface area contributed by atoms with E-state index in [-0.39, 0.29) is 24.8 Å². The van der Waals surface area contributed by atoms with Gasteiger partial charge in [-0.2, -0.15) is 0 Å². The van der Waals surface area contributed by atoms with Gasteiger partial charge in [0.15, 0.2) is 0 Å². The lowest BCUT2D eigenvalue weighted by Gasteiger charge is -2.24. The fourth-order valence-corrected chi connectivity index (χ4v) is 3.28. The normalized spacial score (nSPS) is 16.5. The van der Waals surface area contributed by atoms with Gasteiger partial charge in [-0.3, -0.25) is 4.79 Å². The molecule has 3 nitrogen and oxygen atoms in total. The predicted molar refractivity (Wildman–Crippen MR) is 90.0 cm³/mol. The Balaban J connectivity index is 1.68. The maximum atomic E-state index is 13.8. The Morgan fingerprint density at radius 3 is 2.83 bits per heavy atom. The molecule has 0 saturated carbocycles. The van der Waals surface area contributed by atoms with Crippen LogP contribution in [0.2, 0.25) is 5.02 Å². The fraction of sp³-hybridized carbons (Fsp3) is 0.316. The zero-order chi connectivity index (χ0) is 17.1. The zero-order valence-electron chi connectivity index (χ0n) is 13.1. The first-order valence-corrected chi connectivity index (χ1v) is 8.29. The van der Waals surface area contributed by atoms with Crippen LogP contribution in [0.25, 0.3) is 0 Å². The predicted octanol–water partition coefficient (Wildman–Crippen LogP) is 4.64. The summed E-state index contributed by atoms with van der Waals surface area (Å²) >= 11 is 5.74. The molecule has 0 spiro atoms. The molecule has 0 amide bonds. The lowest BCUT2D eigenvalue weighted by atomic mass is 9.82. The number of carboxylic acid groups (broad SMARTS) is 1. The number of rotatable bonds is 5. The Kier molecular flexibility index (Phi) is 5.05. The molecule has 0 aliphatic heterocycles. The number of hydrogen-bond acceptors (Lipinski definition) is 2. The van der Waals surface area contributed by atoms with Gasteiger partial charge in [-0.15, -0.1) is 0 Å². The molecular weight excluding hydrogens is 331 g/mol. The summed E-state index contributed by atoms with van der Waals surface area (Å²) in [7, 11) is 0. The smallest absolute Gasteiger partial charge is 0.303 e. The van der Waals surface area contributed by atoms with Crippen molar-refractivity contribution >= 4 is 17.6 Å². The molecule has 1 atom stereocenters. The lowest BCUT2D eigenvalue weighted by molar-refractivity contribution is -0.138. The highest BCUT2D eigenvalue weighted by Crippen LogP contribution is 2.30. The average molecular weight is 349 g/mol. The van der Waals surface area contributed by atoms with Crippen LogP contribution in [0.5, 0.6) is 5.75 Å². The lowest BCUT2D eigenvalue weighted by Crippen LogP contribution is -2.17. The number of carboxylic acids is 1. The SMILES string of the molecule is O=C(O)CC1CCc2ccc(OCc3ccc(Cl)cc3F)cc2C1. The van der Waals surface area contributed by atoms with Crippen LogP contribution in [0.4, 0.5) is 4.39 Å². The van der Waals surface area contributed by atoms with E-state index in [1.54, 1.807) is 12.1 Å². The van der Waals surface area contributed by atoms with Gasteiger partial charge in [0.25, 0.3) is 0 Å². The Morgan fingerprint density at radius 1 is 1.25 bits per heavy atom. The Labute approximate surface area is 145 Å². The minimum absolute atomic E-state index is 0.125. The second-order valence-electron chi connectivity index (χ2n) is 6.16. The molecule has 1 unspecified atom stereocenters. The first-order valence-electron chi connectivity index (χ1n) is 7.91. The van der Waals surface area contributed by atoms with Gasteiger partial charge in [-0.05, 0) is 60.6 Å². The molecule has 0 fully saturated rings. The van der Waals surface area contributed by atoms with Crippen molar-refractivity contribution in [3.63, 3.8) is 0 Å². The highest BCUT2D eigenvalue weighted by molar-refractivity contribution is 6.30. The summed E-state index contributed by atoms with van der Waals surface area (Å²) in [6, 6.07) is 10.3. The van der Waals surface area contributed by atoms with Crippen molar-refractivity contribution in [1.29, 1.82) is 0 Å². The summed E-state index contributed by atoms with van der Waals surface area (Å²) < 4.78 is 19.5. The Hall–Kier alpha value is -2.07. The van der Waals surface area contributed by atoms with E-state index >= 15 is 0 Å². The van der Waals surface area contributed by atoms with Crippen LogP contribution < -0.4 is 4.74 Å². The quantitative estimate of drug-likeness (QED) is 0.856. The van der Waals surface area contributed by atoms with E-state index in [9.17, 15) is 9.18 Å². The number of carbonyl (C=O) groups is 1. The van der Waals surface area contributed by atoms with E-state index in [4.69, 9.17) is 21.4 Å². The molecule has 0 saturated heterocycles. The number of aryl methyl sites for hydroxylation is 1. The number of hydrogen-bond donors (Lipinski definition) is 1. The molecular formula is C19H18ClFO3. The molecule has 0 bridgehead atoms. The van der Waals surface area contributed by atoms with Crippen molar-refractivity contribution in [2.24, 2.45) is 5.92 Å². The van der Waals surface area contributed by atoms with Gasteiger partial charge < -0.3 is 9.84 Å². The molecule has 0 aromatic heterocycles. The molecule has 24 heavy (non-hydrogen) atoms. The van der Waals surface area contributed by atoms with Crippen LogP contribution in [0.3, 0.4) is 0 Å². The van der Waals surface area contributed by atoms with Crippen LogP contribution >= 0.6 is 11.6 Å². The second kappa shape index (κ2) is 7.22. The number of halogens is 2. The van der Waals surface area contributed by atoms with Crippen molar-refractivity contribution in [2.75, 3.05) is 0 Å². The molecule has 5 heteroatoms. The van der Waals surface area contributed by atoms with Crippen LogP contribution in [0.1, 0.15) is 29.5 Å². The molecule has 0 heterocycles. The highest BCUT2D eigenvalue weighted by atomic mass is 35.5. The van der Waals surface area contributed by atoms with Crippen LogP contribution in [-0.4, -0.2) is 11.1 Å². The summed E-state index contributed by atoms with van der Waals surface area (Å²) in [4.78, 5) is 10.9. The van der Waals surface area contributed by atoms with Gasteiger partial charge in [-0.1, -0.05) is 23.7 Å². The van der Waals surface area contributed by atoms with Crippen molar-refractivity contribution in [3.05, 3.63) is 63.9 Å². The minimum atomic E-state index is -0.755. The maximum absolute atomic E-state index is 13.8. The van der Waals surface area contributed by atoms with Crippen molar-refractivity contribution in [1.82, 2.24) is 0 Å². The standard InChI is InChI=1S/C19H18ClFO3/c20-16-5-3-14(18(21)10-16)11-24-17-6-4-13-2-1-12(8-19(22)23)7-15(13)9-17/h3-6,9-10,12H,1-2,7-8,11H2,(H,22,23). The summed E-state index contributed by atoms with van der Waals surface area (Å²) in [5.41, 5.74) is 2.81. The number of ether oxygens (including phenoxy) is 1.